The standard InChI is InChI=1S/C25H30N8OS/c1-25(2,19-14-27-20-6-3-4-11-33(19)20)30-23(34)17-15-32(16-17)22-21-18(7-13-35-21)28-24(29-22)31-10-5-8-26-9-12-31/h3-4,6-7,11,13-14,17,26H,5,8-10,12,15-16H2,1-2H3,(H,30,34). The van der Waals surface area contributed by atoms with Gasteiger partial charge in [-0.2, -0.15) is 4.98 Å². The normalized spacial score (nSPS) is 17.5. The van der Waals surface area contributed by atoms with Crippen LogP contribution in [0.25, 0.3) is 15.9 Å². The molecular weight excluding hydrogens is 460 g/mol. The lowest BCUT2D eigenvalue weighted by atomic mass is 9.95. The topological polar surface area (TPSA) is 90.7 Å². The van der Waals surface area contributed by atoms with Crippen LogP contribution in [0.5, 0.6) is 0 Å². The maximum atomic E-state index is 13.2. The molecule has 0 aromatic carbocycles. The summed E-state index contributed by atoms with van der Waals surface area (Å²) in [4.78, 5) is 32.0. The van der Waals surface area contributed by atoms with Crippen LogP contribution in [-0.4, -0.2) is 64.5 Å². The molecule has 9 nitrogen and oxygen atoms in total. The van der Waals surface area contributed by atoms with Crippen molar-refractivity contribution in [1.29, 1.82) is 0 Å². The van der Waals surface area contributed by atoms with Gasteiger partial charge in [0.25, 0.3) is 0 Å². The number of carbonyl (C=O) groups excluding carboxylic acids is 1. The maximum Gasteiger partial charge on any atom is 0.228 e. The number of anilines is 2. The molecule has 6 heterocycles. The molecule has 1 amide bonds. The van der Waals surface area contributed by atoms with Crippen LogP contribution in [-0.2, 0) is 10.3 Å². The summed E-state index contributed by atoms with van der Waals surface area (Å²) in [5, 5.41) is 8.76. The summed E-state index contributed by atoms with van der Waals surface area (Å²) in [6, 6.07) is 7.97. The highest BCUT2D eigenvalue weighted by molar-refractivity contribution is 7.17. The van der Waals surface area contributed by atoms with Crippen LogP contribution in [0.15, 0.2) is 42.0 Å². The molecule has 35 heavy (non-hydrogen) atoms. The SMILES string of the molecule is CC(C)(NC(=O)C1CN(c2nc(N3CCCNCC3)nc3ccsc23)C1)c1cnc2ccccn12. The Hall–Kier alpha value is -3.24. The molecule has 182 valence electrons. The van der Waals surface area contributed by atoms with Crippen molar-refractivity contribution < 1.29 is 4.79 Å². The number of aromatic nitrogens is 4. The first-order chi connectivity index (χ1) is 17.0. The average molecular weight is 491 g/mol. The Morgan fingerprint density at radius 1 is 1.14 bits per heavy atom. The summed E-state index contributed by atoms with van der Waals surface area (Å²) in [5.41, 5.74) is 2.28. The average Bonchev–Trinajstić information content (AvgIpc) is 3.37. The van der Waals surface area contributed by atoms with Gasteiger partial charge in [0.2, 0.25) is 11.9 Å². The predicted molar refractivity (Wildman–Crippen MR) is 139 cm³/mol. The summed E-state index contributed by atoms with van der Waals surface area (Å²) in [7, 11) is 0. The quantitative estimate of drug-likeness (QED) is 0.444. The molecule has 0 atom stereocenters. The van der Waals surface area contributed by atoms with Gasteiger partial charge in [-0.1, -0.05) is 6.07 Å². The van der Waals surface area contributed by atoms with E-state index < -0.39 is 5.54 Å². The van der Waals surface area contributed by atoms with Crippen molar-refractivity contribution in [2.45, 2.75) is 25.8 Å². The molecule has 0 spiro atoms. The summed E-state index contributed by atoms with van der Waals surface area (Å²) >= 11 is 1.66. The number of thiophene rings is 1. The van der Waals surface area contributed by atoms with Crippen LogP contribution in [0.1, 0.15) is 26.0 Å². The zero-order chi connectivity index (χ0) is 24.0. The summed E-state index contributed by atoms with van der Waals surface area (Å²) in [6.07, 6.45) is 4.90. The third kappa shape index (κ3) is 4.10. The van der Waals surface area contributed by atoms with Crippen molar-refractivity contribution in [3.63, 3.8) is 0 Å². The van der Waals surface area contributed by atoms with Crippen molar-refractivity contribution >= 4 is 44.9 Å². The zero-order valence-corrected chi connectivity index (χ0v) is 20.9. The van der Waals surface area contributed by atoms with Crippen molar-refractivity contribution in [3.05, 3.63) is 47.7 Å². The van der Waals surface area contributed by atoms with Crippen LogP contribution >= 0.6 is 11.3 Å². The molecule has 2 saturated heterocycles. The highest BCUT2D eigenvalue weighted by Crippen LogP contribution is 2.35. The second kappa shape index (κ2) is 8.76. The number of pyridine rings is 1. The number of carbonyl (C=O) groups is 1. The first-order valence-corrected chi connectivity index (χ1v) is 13.1. The third-order valence-corrected chi connectivity index (χ3v) is 7.84. The Bertz CT molecular complexity index is 1360. The fourth-order valence-electron chi connectivity index (χ4n) is 4.92. The Kier molecular flexibility index (Phi) is 5.57. The number of rotatable bonds is 5. The summed E-state index contributed by atoms with van der Waals surface area (Å²) in [5.74, 6) is 1.72. The minimum absolute atomic E-state index is 0.0624. The molecule has 0 saturated carbocycles. The molecule has 2 N–H and O–H groups in total. The number of hydrogen-bond acceptors (Lipinski definition) is 8. The van der Waals surface area contributed by atoms with E-state index in [0.717, 1.165) is 65.9 Å². The minimum atomic E-state index is -0.539. The monoisotopic (exact) mass is 490 g/mol. The molecule has 4 aromatic heterocycles. The molecule has 2 fully saturated rings. The fourth-order valence-corrected chi connectivity index (χ4v) is 5.77. The largest absolute Gasteiger partial charge is 0.354 e. The van der Waals surface area contributed by atoms with E-state index in [2.05, 4.69) is 36.9 Å². The highest BCUT2D eigenvalue weighted by atomic mass is 32.1. The zero-order valence-electron chi connectivity index (χ0n) is 20.1. The number of nitrogens with one attached hydrogen (secondary N) is 2. The molecule has 10 heteroatoms. The third-order valence-electron chi connectivity index (χ3n) is 6.94. The molecule has 2 aliphatic rings. The van der Waals surface area contributed by atoms with E-state index >= 15 is 0 Å². The lowest BCUT2D eigenvalue weighted by Crippen LogP contribution is -2.57. The van der Waals surface area contributed by atoms with Crippen LogP contribution in [0.2, 0.25) is 0 Å². The predicted octanol–water partition coefficient (Wildman–Crippen LogP) is 2.63. The fraction of sp³-hybridized carbons (Fsp3) is 0.440. The lowest BCUT2D eigenvalue weighted by molar-refractivity contribution is -0.127. The Labute approximate surface area is 208 Å². The van der Waals surface area contributed by atoms with Gasteiger partial charge < -0.3 is 24.8 Å². The number of hydrogen-bond donors (Lipinski definition) is 2. The Morgan fingerprint density at radius 3 is 2.91 bits per heavy atom. The van der Waals surface area contributed by atoms with Gasteiger partial charge in [-0.15, -0.1) is 11.3 Å². The van der Waals surface area contributed by atoms with Crippen LogP contribution < -0.4 is 20.4 Å². The number of nitrogens with zero attached hydrogens (tertiary/aromatic N) is 6. The Morgan fingerprint density at radius 2 is 2.03 bits per heavy atom. The Balaban J connectivity index is 1.18. The summed E-state index contributed by atoms with van der Waals surface area (Å²) < 4.78 is 3.12. The van der Waals surface area contributed by atoms with Gasteiger partial charge in [-0.25, -0.2) is 9.97 Å². The van der Waals surface area contributed by atoms with E-state index in [1.165, 1.54) is 0 Å². The van der Waals surface area contributed by atoms with E-state index in [1.807, 2.05) is 48.8 Å². The van der Waals surface area contributed by atoms with Gasteiger partial charge >= 0.3 is 0 Å². The van der Waals surface area contributed by atoms with Crippen molar-refractivity contribution in [2.24, 2.45) is 5.92 Å². The smallest absolute Gasteiger partial charge is 0.228 e. The first-order valence-electron chi connectivity index (χ1n) is 12.2. The van der Waals surface area contributed by atoms with Crippen molar-refractivity contribution in [3.8, 4) is 0 Å². The van der Waals surface area contributed by atoms with E-state index in [-0.39, 0.29) is 11.8 Å². The van der Waals surface area contributed by atoms with Crippen LogP contribution in [0.3, 0.4) is 0 Å². The molecule has 2 aliphatic heterocycles. The number of imidazole rings is 1. The molecule has 0 radical (unpaired) electrons. The van der Waals surface area contributed by atoms with Gasteiger partial charge in [-0.05, 0) is 50.4 Å². The van der Waals surface area contributed by atoms with Crippen molar-refractivity contribution in [1.82, 2.24) is 30.0 Å². The van der Waals surface area contributed by atoms with Gasteiger partial charge in [-0.3, -0.25) is 4.79 Å². The van der Waals surface area contributed by atoms with E-state index in [4.69, 9.17) is 9.97 Å². The second-order valence-corrected chi connectivity index (χ2v) is 10.8. The molecule has 0 unspecified atom stereocenters. The van der Waals surface area contributed by atoms with Crippen LogP contribution in [0, 0.1) is 5.92 Å². The molecule has 0 aliphatic carbocycles. The molecular formula is C25H30N8OS. The number of amides is 1. The first kappa shape index (κ1) is 22.2. The van der Waals surface area contributed by atoms with Crippen LogP contribution in [0.4, 0.5) is 11.8 Å². The molecule has 4 aromatic rings. The lowest BCUT2D eigenvalue weighted by Gasteiger charge is -2.41. The molecule has 0 bridgehead atoms. The minimum Gasteiger partial charge on any atom is -0.354 e. The van der Waals surface area contributed by atoms with Gasteiger partial charge in [0.1, 0.15) is 5.65 Å². The maximum absolute atomic E-state index is 13.2. The van der Waals surface area contributed by atoms with Crippen molar-refractivity contribution in [2.75, 3.05) is 49.1 Å². The molecule has 6 rings (SSSR count). The highest BCUT2D eigenvalue weighted by Gasteiger charge is 2.38. The van der Waals surface area contributed by atoms with Gasteiger partial charge in [0.05, 0.1) is 33.6 Å². The van der Waals surface area contributed by atoms with Gasteiger partial charge in [0, 0.05) is 38.9 Å². The number of fused-ring (bicyclic) bond motifs is 2. The van der Waals surface area contributed by atoms with E-state index in [1.54, 1.807) is 11.3 Å². The summed E-state index contributed by atoms with van der Waals surface area (Å²) in [6.45, 7) is 9.18. The second-order valence-electron chi connectivity index (χ2n) is 9.86. The van der Waals surface area contributed by atoms with Gasteiger partial charge in [0.15, 0.2) is 5.82 Å². The van der Waals surface area contributed by atoms with E-state index in [0.29, 0.717) is 13.1 Å². The van der Waals surface area contributed by atoms with E-state index in [9.17, 15) is 4.79 Å².